The number of aromatic hydroxyl groups is 1. The summed E-state index contributed by atoms with van der Waals surface area (Å²) < 4.78 is 14.0. The number of anilines is 1. The molecule has 0 atom stereocenters. The Labute approximate surface area is 110 Å². The van der Waals surface area contributed by atoms with Crippen LogP contribution in [0.1, 0.15) is 10.4 Å². The molecule has 2 aromatic rings. The van der Waals surface area contributed by atoms with Crippen molar-refractivity contribution in [3.63, 3.8) is 0 Å². The van der Waals surface area contributed by atoms with Crippen molar-refractivity contribution < 1.29 is 14.3 Å². The van der Waals surface area contributed by atoms with Crippen LogP contribution in [-0.2, 0) is 0 Å². The van der Waals surface area contributed by atoms with E-state index in [1.807, 2.05) is 0 Å². The Balaban J connectivity index is 2.24. The lowest BCUT2D eigenvalue weighted by Crippen LogP contribution is -2.14. The van der Waals surface area contributed by atoms with Gasteiger partial charge in [0.25, 0.3) is 5.91 Å². The number of hydrogen-bond donors (Lipinski definition) is 2. The second-order valence-electron chi connectivity index (χ2n) is 3.33. The van der Waals surface area contributed by atoms with Crippen LogP contribution >= 0.6 is 15.9 Å². The van der Waals surface area contributed by atoms with Crippen LogP contribution in [0.4, 0.5) is 10.2 Å². The van der Waals surface area contributed by atoms with E-state index in [0.717, 1.165) is 10.7 Å². The van der Waals surface area contributed by atoms with Crippen molar-refractivity contribution in [3.05, 3.63) is 46.3 Å². The largest absolute Gasteiger partial charge is 0.479 e. The van der Waals surface area contributed by atoms with E-state index in [2.05, 4.69) is 31.2 Å². The summed E-state index contributed by atoms with van der Waals surface area (Å²) in [5, 5.41) is 11.3. The molecule has 0 unspecified atom stereocenters. The molecular weight excluding hydrogens is 305 g/mol. The molecule has 0 fully saturated rings. The third-order valence-electron chi connectivity index (χ3n) is 2.05. The van der Waals surface area contributed by atoms with Crippen LogP contribution in [0.2, 0.25) is 0 Å². The summed E-state index contributed by atoms with van der Waals surface area (Å²) in [6.45, 7) is 0. The highest BCUT2D eigenvalue weighted by atomic mass is 79.9. The lowest BCUT2D eigenvalue weighted by molar-refractivity contribution is 0.102. The number of nitrogens with one attached hydrogen (secondary N) is 1. The summed E-state index contributed by atoms with van der Waals surface area (Å²) >= 11 is 3.22. The maximum atomic E-state index is 13.3. The van der Waals surface area contributed by atoms with Crippen molar-refractivity contribution in [1.82, 2.24) is 9.97 Å². The molecule has 0 radical (unpaired) electrons. The van der Waals surface area contributed by atoms with E-state index in [1.165, 1.54) is 0 Å². The van der Waals surface area contributed by atoms with E-state index in [1.54, 1.807) is 24.3 Å². The highest BCUT2D eigenvalue weighted by Crippen LogP contribution is 2.15. The first-order valence-corrected chi connectivity index (χ1v) is 5.64. The molecule has 0 aliphatic carbocycles. The summed E-state index contributed by atoms with van der Waals surface area (Å²) in [4.78, 5) is 18.4. The first-order valence-electron chi connectivity index (χ1n) is 4.84. The number of carbonyl (C=O) groups excluding carboxylic acids is 1. The summed E-state index contributed by atoms with van der Waals surface area (Å²) in [5.74, 6) is -1.73. The third-order valence-corrected chi connectivity index (χ3v) is 2.54. The molecule has 7 heteroatoms. The normalized spacial score (nSPS) is 10.1. The fourth-order valence-electron chi connectivity index (χ4n) is 1.25. The molecule has 1 aromatic heterocycles. The monoisotopic (exact) mass is 311 g/mol. The van der Waals surface area contributed by atoms with Crippen molar-refractivity contribution in [2.45, 2.75) is 0 Å². The van der Waals surface area contributed by atoms with Crippen LogP contribution in [0.15, 0.2) is 34.9 Å². The first kappa shape index (κ1) is 12.4. The minimum Gasteiger partial charge on any atom is -0.479 e. The first-order chi connectivity index (χ1) is 8.56. The predicted molar refractivity (Wildman–Crippen MR) is 65.8 cm³/mol. The Bertz CT molecular complexity index is 607. The molecule has 0 bridgehead atoms. The van der Waals surface area contributed by atoms with E-state index in [4.69, 9.17) is 5.11 Å². The zero-order valence-corrected chi connectivity index (χ0v) is 10.5. The molecule has 1 aromatic carbocycles. The minimum absolute atomic E-state index is 0.335. The summed E-state index contributed by atoms with van der Waals surface area (Å²) in [7, 11) is 0. The van der Waals surface area contributed by atoms with Crippen molar-refractivity contribution in [1.29, 1.82) is 0 Å². The molecule has 2 rings (SSSR count). The maximum absolute atomic E-state index is 13.3. The van der Waals surface area contributed by atoms with Gasteiger partial charge in [0.1, 0.15) is 0 Å². The molecule has 1 heterocycles. The SMILES string of the molecule is O=C(Nc1nc(O)ncc1F)c1cccc(Br)c1. The Morgan fingerprint density at radius 2 is 2.22 bits per heavy atom. The van der Waals surface area contributed by atoms with Crippen LogP contribution in [-0.4, -0.2) is 21.0 Å². The number of nitrogens with zero attached hydrogens (tertiary/aromatic N) is 2. The van der Waals surface area contributed by atoms with E-state index in [0.29, 0.717) is 5.56 Å². The number of carbonyl (C=O) groups is 1. The van der Waals surface area contributed by atoms with Gasteiger partial charge in [-0.1, -0.05) is 22.0 Å². The lowest BCUT2D eigenvalue weighted by atomic mass is 10.2. The van der Waals surface area contributed by atoms with Crippen LogP contribution in [0.5, 0.6) is 6.01 Å². The van der Waals surface area contributed by atoms with E-state index in [9.17, 15) is 9.18 Å². The third kappa shape index (κ3) is 2.80. The number of benzene rings is 1. The Morgan fingerprint density at radius 3 is 2.94 bits per heavy atom. The zero-order chi connectivity index (χ0) is 13.1. The van der Waals surface area contributed by atoms with Crippen molar-refractivity contribution in [3.8, 4) is 6.01 Å². The lowest BCUT2D eigenvalue weighted by Gasteiger charge is -2.05. The van der Waals surface area contributed by atoms with Gasteiger partial charge in [-0.05, 0) is 18.2 Å². The van der Waals surface area contributed by atoms with Gasteiger partial charge in [0.15, 0.2) is 11.6 Å². The quantitative estimate of drug-likeness (QED) is 0.892. The predicted octanol–water partition coefficient (Wildman–Crippen LogP) is 2.34. The van der Waals surface area contributed by atoms with Crippen molar-refractivity contribution in [2.75, 3.05) is 5.32 Å². The summed E-state index contributed by atoms with van der Waals surface area (Å²) in [5.41, 5.74) is 0.335. The average Bonchev–Trinajstić information content (AvgIpc) is 2.34. The van der Waals surface area contributed by atoms with Gasteiger partial charge >= 0.3 is 6.01 Å². The number of amides is 1. The Kier molecular flexibility index (Phi) is 3.52. The van der Waals surface area contributed by atoms with Crippen LogP contribution < -0.4 is 5.32 Å². The molecule has 92 valence electrons. The molecule has 18 heavy (non-hydrogen) atoms. The standard InChI is InChI=1S/C11H7BrFN3O2/c12-7-3-1-2-6(4-7)10(17)15-9-8(13)5-14-11(18)16-9/h1-5H,(H2,14,15,16,17,18). The Hall–Kier alpha value is -2.02. The average molecular weight is 312 g/mol. The van der Waals surface area contributed by atoms with Crippen molar-refractivity contribution in [2.24, 2.45) is 0 Å². The molecule has 0 aliphatic heterocycles. The zero-order valence-electron chi connectivity index (χ0n) is 8.89. The van der Waals surface area contributed by atoms with Gasteiger partial charge in [-0.25, -0.2) is 9.37 Å². The van der Waals surface area contributed by atoms with E-state index in [-0.39, 0.29) is 5.82 Å². The van der Waals surface area contributed by atoms with Crippen LogP contribution in [0, 0.1) is 5.82 Å². The van der Waals surface area contributed by atoms with Gasteiger partial charge in [0.05, 0.1) is 6.20 Å². The molecule has 0 saturated carbocycles. The highest BCUT2D eigenvalue weighted by Gasteiger charge is 2.12. The fourth-order valence-corrected chi connectivity index (χ4v) is 1.65. The summed E-state index contributed by atoms with van der Waals surface area (Å²) in [6.07, 6.45) is 0.777. The molecular formula is C11H7BrFN3O2. The number of rotatable bonds is 2. The van der Waals surface area contributed by atoms with Gasteiger partial charge < -0.3 is 10.4 Å². The number of hydrogen-bond acceptors (Lipinski definition) is 4. The van der Waals surface area contributed by atoms with Crippen LogP contribution in [0.3, 0.4) is 0 Å². The molecule has 0 spiro atoms. The van der Waals surface area contributed by atoms with E-state index < -0.39 is 17.7 Å². The molecule has 1 amide bonds. The second kappa shape index (κ2) is 5.09. The van der Waals surface area contributed by atoms with E-state index >= 15 is 0 Å². The minimum atomic E-state index is -0.823. The van der Waals surface area contributed by atoms with Gasteiger partial charge in [0, 0.05) is 10.0 Å². The van der Waals surface area contributed by atoms with Gasteiger partial charge in [-0.2, -0.15) is 4.98 Å². The second-order valence-corrected chi connectivity index (χ2v) is 4.25. The maximum Gasteiger partial charge on any atom is 0.316 e. The summed E-state index contributed by atoms with van der Waals surface area (Å²) in [6, 6.07) is 5.97. The fraction of sp³-hybridized carbons (Fsp3) is 0. The van der Waals surface area contributed by atoms with Gasteiger partial charge in [0.2, 0.25) is 0 Å². The molecule has 0 aliphatic rings. The van der Waals surface area contributed by atoms with Gasteiger partial charge in [-0.3, -0.25) is 4.79 Å². The number of aromatic nitrogens is 2. The number of halogens is 2. The smallest absolute Gasteiger partial charge is 0.316 e. The van der Waals surface area contributed by atoms with Crippen LogP contribution in [0.25, 0.3) is 0 Å². The highest BCUT2D eigenvalue weighted by molar-refractivity contribution is 9.10. The Morgan fingerprint density at radius 1 is 1.44 bits per heavy atom. The molecule has 0 saturated heterocycles. The molecule has 5 nitrogen and oxygen atoms in total. The van der Waals surface area contributed by atoms with Crippen molar-refractivity contribution >= 4 is 27.7 Å². The topological polar surface area (TPSA) is 75.1 Å². The molecule has 2 N–H and O–H groups in total. The van der Waals surface area contributed by atoms with Gasteiger partial charge in [-0.15, -0.1) is 0 Å².